The van der Waals surface area contributed by atoms with Crippen LogP contribution in [0.25, 0.3) is 10.1 Å². The Morgan fingerprint density at radius 3 is 2.78 bits per heavy atom. The van der Waals surface area contributed by atoms with E-state index in [9.17, 15) is 9.18 Å². The number of amides is 1. The highest BCUT2D eigenvalue weighted by Crippen LogP contribution is 2.35. The van der Waals surface area contributed by atoms with Gasteiger partial charge in [0.15, 0.2) is 5.11 Å². The van der Waals surface area contributed by atoms with Gasteiger partial charge in [-0.1, -0.05) is 24.4 Å². The third-order valence-electron chi connectivity index (χ3n) is 3.78. The molecule has 0 bridgehead atoms. The number of fused-ring (bicyclic) bond motifs is 1. The monoisotopic (exact) mass is 371 g/mol. The van der Waals surface area contributed by atoms with Crippen LogP contribution in [0, 0.1) is 5.82 Å². The van der Waals surface area contributed by atoms with Gasteiger partial charge in [0.25, 0.3) is 5.91 Å². The predicted octanol–water partition coefficient (Wildman–Crippen LogP) is 3.75. The zero-order valence-corrected chi connectivity index (χ0v) is 14.5. The minimum Gasteiger partial charge on any atom is -0.359 e. The lowest BCUT2D eigenvalue weighted by atomic mass is 10.2. The van der Waals surface area contributed by atoms with Crippen LogP contribution in [-0.4, -0.2) is 17.1 Å². The molecular weight excluding hydrogens is 357 g/mol. The quantitative estimate of drug-likeness (QED) is 0.556. The van der Waals surface area contributed by atoms with Gasteiger partial charge in [-0.2, -0.15) is 0 Å². The van der Waals surface area contributed by atoms with Crippen molar-refractivity contribution in [3.8, 4) is 0 Å². The van der Waals surface area contributed by atoms with Crippen LogP contribution in [0.4, 0.5) is 4.39 Å². The summed E-state index contributed by atoms with van der Waals surface area (Å²) in [6.45, 7) is 0. The molecule has 3 rings (SSSR count). The van der Waals surface area contributed by atoms with Gasteiger partial charge in [-0.05, 0) is 43.3 Å². The summed E-state index contributed by atoms with van der Waals surface area (Å²) in [5, 5.41) is 4.52. The van der Waals surface area contributed by atoms with Gasteiger partial charge >= 0.3 is 0 Å². The van der Waals surface area contributed by atoms with Crippen LogP contribution in [-0.2, 0) is 0 Å². The molecule has 0 saturated heterocycles. The number of thiophene rings is 1. The molecule has 2 aromatic rings. The third-order valence-corrected chi connectivity index (χ3v) is 5.65. The highest BCUT2D eigenvalue weighted by molar-refractivity contribution is 7.80. The summed E-state index contributed by atoms with van der Waals surface area (Å²) in [4.78, 5) is 12.6. The Kier molecular flexibility index (Phi) is 4.99. The van der Waals surface area contributed by atoms with Gasteiger partial charge in [-0.25, -0.2) is 4.39 Å². The molecule has 1 aromatic heterocycles. The van der Waals surface area contributed by atoms with Crippen LogP contribution in [0.3, 0.4) is 0 Å². The normalized spacial score (nSPS) is 14.9. The fourth-order valence-electron chi connectivity index (χ4n) is 2.65. The molecule has 0 spiro atoms. The molecule has 8 heteroatoms. The van der Waals surface area contributed by atoms with E-state index in [0.29, 0.717) is 31.1 Å². The standard InChI is InChI=1S/C15H15ClFN3OS2/c16-12-10-6-5-8(17)7-11(10)23-13(12)14(21)19-20-15(22)18-9-3-1-2-4-9/h5-7,9H,1-4H2,(H,19,21)(H2,18,20,22). The second-order valence-electron chi connectivity index (χ2n) is 5.42. The SMILES string of the molecule is O=C(NNC(=S)NC1CCCC1)c1sc2cc(F)ccc2c1Cl. The molecule has 1 amide bonds. The van der Waals surface area contributed by atoms with Crippen molar-refractivity contribution in [2.45, 2.75) is 31.7 Å². The Morgan fingerprint density at radius 2 is 2.04 bits per heavy atom. The minimum atomic E-state index is -0.396. The second-order valence-corrected chi connectivity index (χ2v) is 7.26. The molecule has 1 fully saturated rings. The van der Waals surface area contributed by atoms with E-state index in [0.717, 1.165) is 24.2 Å². The number of carbonyl (C=O) groups excluding carboxylic acids is 1. The molecule has 0 atom stereocenters. The molecule has 0 unspecified atom stereocenters. The molecule has 0 aliphatic heterocycles. The van der Waals surface area contributed by atoms with Gasteiger partial charge in [0.05, 0.1) is 5.02 Å². The summed E-state index contributed by atoms with van der Waals surface area (Å²) in [5.74, 6) is -0.755. The lowest BCUT2D eigenvalue weighted by Gasteiger charge is -2.15. The van der Waals surface area contributed by atoms with E-state index < -0.39 is 5.91 Å². The van der Waals surface area contributed by atoms with Crippen molar-refractivity contribution in [3.05, 3.63) is 33.9 Å². The average molecular weight is 372 g/mol. The van der Waals surface area contributed by atoms with E-state index in [-0.39, 0.29) is 5.82 Å². The van der Waals surface area contributed by atoms with E-state index in [1.165, 1.54) is 25.0 Å². The largest absolute Gasteiger partial charge is 0.359 e. The number of nitrogens with one attached hydrogen (secondary N) is 3. The van der Waals surface area contributed by atoms with Crippen molar-refractivity contribution >= 4 is 56.3 Å². The highest BCUT2D eigenvalue weighted by atomic mass is 35.5. The van der Waals surface area contributed by atoms with Crippen LogP contribution in [0.2, 0.25) is 5.02 Å². The van der Waals surface area contributed by atoms with Crippen LogP contribution in [0.1, 0.15) is 35.4 Å². The van der Waals surface area contributed by atoms with Crippen molar-refractivity contribution in [2.24, 2.45) is 0 Å². The lowest BCUT2D eigenvalue weighted by molar-refractivity contribution is 0.0948. The van der Waals surface area contributed by atoms with Crippen LogP contribution < -0.4 is 16.2 Å². The van der Waals surface area contributed by atoms with Crippen molar-refractivity contribution < 1.29 is 9.18 Å². The third kappa shape index (κ3) is 3.73. The average Bonchev–Trinajstić information content (AvgIpc) is 3.13. The molecule has 1 aromatic carbocycles. The highest BCUT2D eigenvalue weighted by Gasteiger charge is 2.19. The smallest absolute Gasteiger partial charge is 0.281 e. The molecule has 1 saturated carbocycles. The van der Waals surface area contributed by atoms with Crippen LogP contribution >= 0.6 is 35.2 Å². The maximum atomic E-state index is 13.3. The molecule has 1 heterocycles. The van der Waals surface area contributed by atoms with Gasteiger partial charge in [0.2, 0.25) is 0 Å². The number of carbonyl (C=O) groups is 1. The maximum Gasteiger partial charge on any atom is 0.281 e. The summed E-state index contributed by atoms with van der Waals surface area (Å²) in [7, 11) is 0. The van der Waals surface area contributed by atoms with Gasteiger partial charge in [-0.3, -0.25) is 15.6 Å². The first-order valence-electron chi connectivity index (χ1n) is 7.29. The molecule has 122 valence electrons. The lowest BCUT2D eigenvalue weighted by Crippen LogP contribution is -2.49. The summed E-state index contributed by atoms with van der Waals surface area (Å²) < 4.78 is 13.9. The van der Waals surface area contributed by atoms with Gasteiger partial charge < -0.3 is 5.32 Å². The predicted molar refractivity (Wildman–Crippen MR) is 95.4 cm³/mol. The van der Waals surface area contributed by atoms with Crippen LogP contribution in [0.15, 0.2) is 18.2 Å². The molecule has 23 heavy (non-hydrogen) atoms. The zero-order valence-electron chi connectivity index (χ0n) is 12.1. The Labute approximate surface area is 147 Å². The van der Waals surface area contributed by atoms with E-state index in [4.69, 9.17) is 23.8 Å². The molecule has 3 N–H and O–H groups in total. The summed E-state index contributed by atoms with van der Waals surface area (Å²) >= 11 is 12.5. The van der Waals surface area contributed by atoms with Gasteiger partial charge in [0, 0.05) is 16.1 Å². The fourth-order valence-corrected chi connectivity index (χ4v) is 4.30. The Balaban J connectivity index is 1.63. The molecule has 1 aliphatic rings. The summed E-state index contributed by atoms with van der Waals surface area (Å²) in [6, 6.07) is 4.62. The number of hydrogen-bond acceptors (Lipinski definition) is 3. The number of hydrazine groups is 1. The van der Waals surface area contributed by atoms with Crippen LogP contribution in [0.5, 0.6) is 0 Å². The molecule has 4 nitrogen and oxygen atoms in total. The Bertz CT molecular complexity index is 759. The number of halogens is 2. The van der Waals surface area contributed by atoms with Gasteiger partial charge in [0.1, 0.15) is 10.7 Å². The maximum absolute atomic E-state index is 13.3. The number of rotatable bonds is 2. The number of benzene rings is 1. The van der Waals surface area contributed by atoms with Crippen molar-refractivity contribution in [3.63, 3.8) is 0 Å². The number of hydrogen-bond donors (Lipinski definition) is 3. The molecular formula is C15H15ClFN3OS2. The van der Waals surface area contributed by atoms with Gasteiger partial charge in [-0.15, -0.1) is 11.3 Å². The van der Waals surface area contributed by atoms with E-state index in [1.54, 1.807) is 6.07 Å². The zero-order chi connectivity index (χ0) is 16.4. The Hall–Kier alpha value is -1.44. The van der Waals surface area contributed by atoms with E-state index in [1.807, 2.05) is 0 Å². The fraction of sp³-hybridized carbons (Fsp3) is 0.333. The van der Waals surface area contributed by atoms with Crippen molar-refractivity contribution in [1.82, 2.24) is 16.2 Å². The second kappa shape index (κ2) is 6.98. The first-order chi connectivity index (χ1) is 11.0. The number of thiocarbonyl (C=S) groups is 1. The summed E-state index contributed by atoms with van der Waals surface area (Å²) in [5.41, 5.74) is 5.21. The topological polar surface area (TPSA) is 53.2 Å². The van der Waals surface area contributed by atoms with E-state index >= 15 is 0 Å². The molecule has 0 radical (unpaired) electrons. The minimum absolute atomic E-state index is 0.318. The Morgan fingerprint density at radius 1 is 1.30 bits per heavy atom. The first kappa shape index (κ1) is 16.4. The molecule has 1 aliphatic carbocycles. The summed E-state index contributed by atoms with van der Waals surface area (Å²) in [6.07, 6.45) is 4.56. The van der Waals surface area contributed by atoms with E-state index in [2.05, 4.69) is 16.2 Å². The first-order valence-corrected chi connectivity index (χ1v) is 8.89. The van der Waals surface area contributed by atoms with Crippen molar-refractivity contribution in [1.29, 1.82) is 0 Å². The van der Waals surface area contributed by atoms with Crippen molar-refractivity contribution in [2.75, 3.05) is 0 Å².